The number of fused-ring (bicyclic) bond motifs is 2. The number of thiocarbonyl (C=S) groups is 2. The van der Waals surface area contributed by atoms with Crippen LogP contribution >= 0.6 is 47.6 Å². The number of aromatic nitrogens is 2. The minimum absolute atomic E-state index is 0.217. The number of carbonyl (C=O) groups excluding carboxylic acids is 2. The van der Waals surface area contributed by atoms with Crippen molar-refractivity contribution < 1.29 is 9.59 Å². The summed E-state index contributed by atoms with van der Waals surface area (Å²) in [6, 6.07) is 33.4. The highest BCUT2D eigenvalue weighted by atomic mass is 35.5. The topological polar surface area (TPSA) is 138 Å². The van der Waals surface area contributed by atoms with Crippen LogP contribution in [0.2, 0.25) is 10.0 Å². The molecule has 0 fully saturated rings. The minimum atomic E-state index is -0.365. The molecule has 0 unspecified atom stereocenters. The van der Waals surface area contributed by atoms with Gasteiger partial charge in [0.2, 0.25) is 0 Å². The Labute approximate surface area is 331 Å². The van der Waals surface area contributed by atoms with E-state index in [4.69, 9.17) is 47.6 Å². The van der Waals surface area contributed by atoms with Crippen LogP contribution in [0.1, 0.15) is 48.9 Å². The Kier molecular flexibility index (Phi) is 10.8. The number of hydrogen-bond acceptors (Lipinski definition) is 4. The van der Waals surface area contributed by atoms with Gasteiger partial charge >= 0.3 is 0 Å². The van der Waals surface area contributed by atoms with Crippen LogP contribution in [0.15, 0.2) is 122 Å². The van der Waals surface area contributed by atoms with Crippen LogP contribution in [-0.2, 0) is 0 Å². The Morgan fingerprint density at radius 2 is 1.00 bits per heavy atom. The van der Waals surface area contributed by atoms with Gasteiger partial charge in [0.1, 0.15) is 0 Å². The molecule has 0 aliphatic carbocycles. The lowest BCUT2D eigenvalue weighted by Crippen LogP contribution is -2.43. The zero-order chi connectivity index (χ0) is 37.8. The summed E-state index contributed by atoms with van der Waals surface area (Å²) < 4.78 is 0. The van der Waals surface area contributed by atoms with Crippen LogP contribution in [-0.4, -0.2) is 32.0 Å². The predicted molar refractivity (Wildman–Crippen MR) is 225 cm³/mol. The summed E-state index contributed by atoms with van der Waals surface area (Å²) in [7, 11) is 0. The van der Waals surface area contributed by atoms with Crippen molar-refractivity contribution in [1.82, 2.24) is 31.7 Å². The van der Waals surface area contributed by atoms with E-state index in [1.165, 1.54) is 0 Å². The Bertz CT molecular complexity index is 2360. The molecule has 2 amide bonds. The zero-order valence-corrected chi connectivity index (χ0v) is 31.7. The summed E-state index contributed by atoms with van der Waals surface area (Å²) in [6.07, 6.45) is 3.93. The van der Waals surface area contributed by atoms with Crippen LogP contribution < -0.4 is 32.3 Å². The van der Waals surface area contributed by atoms with Gasteiger partial charge in [-0.25, -0.2) is 0 Å². The Morgan fingerprint density at radius 1 is 0.574 bits per heavy atom. The van der Waals surface area contributed by atoms with E-state index < -0.39 is 0 Å². The number of hydrazine groups is 2. The highest BCUT2D eigenvalue weighted by Gasteiger charge is 2.25. The number of H-pyrrole nitrogens is 2. The van der Waals surface area contributed by atoms with Gasteiger partial charge in [0.15, 0.2) is 10.2 Å². The zero-order valence-electron chi connectivity index (χ0n) is 28.5. The van der Waals surface area contributed by atoms with Gasteiger partial charge in [-0.1, -0.05) is 53.0 Å². The van der Waals surface area contributed by atoms with E-state index in [9.17, 15) is 9.59 Å². The maximum Gasteiger partial charge on any atom is 0.269 e. The van der Waals surface area contributed by atoms with Gasteiger partial charge in [0.05, 0.1) is 0 Å². The molecule has 2 aromatic heterocycles. The average Bonchev–Trinajstić information content (AvgIpc) is 3.79. The first-order valence-electron chi connectivity index (χ1n) is 16.7. The molecule has 2 heterocycles. The van der Waals surface area contributed by atoms with Crippen LogP contribution in [0.25, 0.3) is 21.8 Å². The fourth-order valence-electron chi connectivity index (χ4n) is 6.09. The lowest BCUT2D eigenvalue weighted by Gasteiger charge is -2.18. The maximum absolute atomic E-state index is 13.4. The molecule has 10 nitrogen and oxygen atoms in total. The molecule has 0 aliphatic rings. The standard InChI is InChI=1S/C40H32Cl2N8O2S2/c1-22-2-4-23(5-3-22)36(32-20-43-34-16-6-24(18-30(32)34)37(51)47-49-39(53)45-28-12-8-26(41)9-13-28)33-21-44-35-17-7-25(19-31(33)35)38(52)48-50-40(54)46-29-14-10-27(42)11-15-29/h2-21,36,43-44H,1H3,(H,47,51)(H,48,52)(H2,45,49,53)(H2,46,50,54). The third-order valence-electron chi connectivity index (χ3n) is 8.77. The number of aryl methyl sites for hydroxylation is 1. The highest BCUT2D eigenvalue weighted by molar-refractivity contribution is 7.80. The van der Waals surface area contributed by atoms with E-state index in [1.807, 2.05) is 43.6 Å². The van der Waals surface area contributed by atoms with Crippen molar-refractivity contribution in [2.75, 3.05) is 10.6 Å². The fourth-order valence-corrected chi connectivity index (χ4v) is 6.68. The lowest BCUT2D eigenvalue weighted by atomic mass is 9.84. The highest BCUT2D eigenvalue weighted by Crippen LogP contribution is 2.40. The summed E-state index contributed by atoms with van der Waals surface area (Å²) in [5.74, 6) is -1.00. The number of anilines is 2. The number of carbonyl (C=O) groups is 2. The first-order chi connectivity index (χ1) is 26.1. The molecule has 0 saturated heterocycles. The van der Waals surface area contributed by atoms with E-state index in [-0.39, 0.29) is 28.0 Å². The van der Waals surface area contributed by atoms with Crippen molar-refractivity contribution in [2.24, 2.45) is 0 Å². The molecule has 0 aliphatic heterocycles. The fraction of sp³-hybridized carbons (Fsp3) is 0.0500. The van der Waals surface area contributed by atoms with Crippen molar-refractivity contribution in [2.45, 2.75) is 12.8 Å². The van der Waals surface area contributed by atoms with Crippen molar-refractivity contribution in [1.29, 1.82) is 0 Å². The van der Waals surface area contributed by atoms with E-state index in [0.29, 0.717) is 21.2 Å². The third kappa shape index (κ3) is 8.32. The normalized spacial score (nSPS) is 11.0. The van der Waals surface area contributed by atoms with E-state index in [1.54, 1.807) is 60.7 Å². The molecule has 270 valence electrons. The first-order valence-corrected chi connectivity index (χ1v) is 18.2. The minimum Gasteiger partial charge on any atom is -0.361 e. The number of aromatic amines is 2. The number of benzene rings is 5. The number of rotatable bonds is 7. The average molecular weight is 792 g/mol. The number of halogens is 2. The van der Waals surface area contributed by atoms with Gasteiger partial charge in [-0.15, -0.1) is 0 Å². The summed E-state index contributed by atoms with van der Waals surface area (Å²) in [5.41, 5.74) is 19.0. The number of amides is 2. The second-order valence-electron chi connectivity index (χ2n) is 12.4. The summed E-state index contributed by atoms with van der Waals surface area (Å²) >= 11 is 22.7. The monoisotopic (exact) mass is 790 g/mol. The number of hydrogen-bond donors (Lipinski definition) is 8. The molecule has 0 radical (unpaired) electrons. The molecule has 7 aromatic rings. The molecule has 14 heteroatoms. The van der Waals surface area contributed by atoms with E-state index >= 15 is 0 Å². The van der Waals surface area contributed by atoms with Gasteiger partial charge in [-0.2, -0.15) is 0 Å². The molecule has 0 bridgehead atoms. The van der Waals surface area contributed by atoms with Crippen molar-refractivity contribution in [3.8, 4) is 0 Å². The molecule has 0 saturated carbocycles. The molecule has 54 heavy (non-hydrogen) atoms. The van der Waals surface area contributed by atoms with Gasteiger partial charge in [0, 0.05) is 72.7 Å². The summed E-state index contributed by atoms with van der Waals surface area (Å²) in [5, 5.41) is 9.39. The summed E-state index contributed by atoms with van der Waals surface area (Å²) in [6.45, 7) is 2.04. The van der Waals surface area contributed by atoms with E-state index in [2.05, 4.69) is 66.6 Å². The first kappa shape index (κ1) is 36.4. The maximum atomic E-state index is 13.4. The Hall–Kier alpha value is -5.92. The Morgan fingerprint density at radius 3 is 1.43 bits per heavy atom. The van der Waals surface area contributed by atoms with Crippen LogP contribution in [0.5, 0.6) is 0 Å². The van der Waals surface area contributed by atoms with Gasteiger partial charge in [-0.05, 0) is 133 Å². The molecule has 5 aromatic carbocycles. The van der Waals surface area contributed by atoms with Gasteiger partial charge < -0.3 is 20.6 Å². The van der Waals surface area contributed by atoms with Gasteiger partial charge in [-0.3, -0.25) is 31.3 Å². The molecule has 0 spiro atoms. The van der Waals surface area contributed by atoms with E-state index in [0.717, 1.165) is 55.4 Å². The van der Waals surface area contributed by atoms with Gasteiger partial charge in [0.25, 0.3) is 11.8 Å². The van der Waals surface area contributed by atoms with Crippen LogP contribution in [0, 0.1) is 6.92 Å². The third-order valence-corrected chi connectivity index (χ3v) is 9.68. The summed E-state index contributed by atoms with van der Waals surface area (Å²) in [4.78, 5) is 33.5. The lowest BCUT2D eigenvalue weighted by molar-refractivity contribution is 0.0936. The van der Waals surface area contributed by atoms with Crippen molar-refractivity contribution >= 4 is 103 Å². The van der Waals surface area contributed by atoms with Crippen LogP contribution in [0.3, 0.4) is 0 Å². The second-order valence-corrected chi connectivity index (χ2v) is 14.1. The number of nitrogens with one attached hydrogen (secondary N) is 8. The molecule has 0 atom stereocenters. The van der Waals surface area contributed by atoms with Crippen LogP contribution in [0.4, 0.5) is 11.4 Å². The molecule has 8 N–H and O–H groups in total. The largest absolute Gasteiger partial charge is 0.361 e. The predicted octanol–water partition coefficient (Wildman–Crippen LogP) is 8.71. The van der Waals surface area contributed by atoms with Crippen molar-refractivity contribution in [3.05, 3.63) is 165 Å². The smallest absolute Gasteiger partial charge is 0.269 e. The van der Waals surface area contributed by atoms with Crippen molar-refractivity contribution in [3.63, 3.8) is 0 Å². The second kappa shape index (κ2) is 16.0. The molecular weight excluding hydrogens is 760 g/mol. The quantitative estimate of drug-likeness (QED) is 0.0593. The SMILES string of the molecule is Cc1ccc(C(c2c[nH]c3ccc(C(=O)NNC(=S)Nc4ccc(Cl)cc4)cc23)c2c[nH]c3ccc(C(=O)NNC(=S)Nc4ccc(Cl)cc4)cc23)cc1. The molecule has 7 rings (SSSR count). The molecular formula is C40H32Cl2N8O2S2. The Balaban J connectivity index is 1.15.